The number of halogens is 1. The second-order valence-electron chi connectivity index (χ2n) is 5.08. The fourth-order valence-electron chi connectivity index (χ4n) is 2.57. The van der Waals surface area contributed by atoms with Crippen LogP contribution >= 0.6 is 12.4 Å². The molecular formula is C14H19ClN4O2. The SMILES string of the molecule is CCOc1ncccc1-c1nc(C2(N)CCCC2)no1.Cl. The third kappa shape index (κ3) is 3.01. The molecule has 0 amide bonds. The highest BCUT2D eigenvalue weighted by atomic mass is 35.5. The van der Waals surface area contributed by atoms with Gasteiger partial charge in [-0.1, -0.05) is 18.0 Å². The Morgan fingerprint density at radius 1 is 1.38 bits per heavy atom. The maximum absolute atomic E-state index is 6.34. The smallest absolute Gasteiger partial charge is 0.263 e. The molecule has 0 atom stereocenters. The Morgan fingerprint density at radius 2 is 2.14 bits per heavy atom. The fourth-order valence-corrected chi connectivity index (χ4v) is 2.57. The molecule has 1 fully saturated rings. The van der Waals surface area contributed by atoms with Gasteiger partial charge in [0.25, 0.3) is 5.89 Å². The molecular weight excluding hydrogens is 292 g/mol. The van der Waals surface area contributed by atoms with Crippen molar-refractivity contribution in [2.45, 2.75) is 38.1 Å². The average Bonchev–Trinajstić information content (AvgIpc) is 3.09. The number of aromatic nitrogens is 3. The summed E-state index contributed by atoms with van der Waals surface area (Å²) >= 11 is 0. The van der Waals surface area contributed by atoms with Gasteiger partial charge in [0, 0.05) is 6.20 Å². The Hall–Kier alpha value is -1.66. The molecule has 7 heteroatoms. The first kappa shape index (κ1) is 15.7. The van der Waals surface area contributed by atoms with E-state index in [4.69, 9.17) is 15.0 Å². The molecule has 2 heterocycles. The van der Waals surface area contributed by atoms with E-state index in [0.717, 1.165) is 25.7 Å². The highest BCUT2D eigenvalue weighted by molar-refractivity contribution is 5.85. The largest absolute Gasteiger partial charge is 0.477 e. The van der Waals surface area contributed by atoms with Crippen molar-refractivity contribution >= 4 is 12.4 Å². The summed E-state index contributed by atoms with van der Waals surface area (Å²) in [6.45, 7) is 2.44. The molecule has 6 nitrogen and oxygen atoms in total. The maximum Gasteiger partial charge on any atom is 0.263 e. The first-order valence-electron chi connectivity index (χ1n) is 6.94. The van der Waals surface area contributed by atoms with Crippen molar-refractivity contribution in [3.05, 3.63) is 24.2 Å². The van der Waals surface area contributed by atoms with Gasteiger partial charge in [-0.2, -0.15) is 4.98 Å². The Morgan fingerprint density at radius 3 is 2.86 bits per heavy atom. The number of nitrogens with zero attached hydrogens (tertiary/aromatic N) is 3. The van der Waals surface area contributed by atoms with Gasteiger partial charge in [-0.05, 0) is 31.9 Å². The molecule has 21 heavy (non-hydrogen) atoms. The molecule has 0 radical (unpaired) electrons. The predicted octanol–water partition coefficient (Wildman–Crippen LogP) is 2.68. The standard InChI is InChI=1S/C14H18N4O2.ClH/c1-2-19-11-10(6-5-9-16-11)12-17-13(18-20-12)14(15)7-3-4-8-14;/h5-6,9H,2-4,7-8,15H2,1H3;1H. The van der Waals surface area contributed by atoms with Crippen LogP contribution in [0.5, 0.6) is 5.88 Å². The van der Waals surface area contributed by atoms with Crippen molar-refractivity contribution in [1.29, 1.82) is 0 Å². The van der Waals surface area contributed by atoms with Crippen LogP contribution in [0.15, 0.2) is 22.9 Å². The summed E-state index contributed by atoms with van der Waals surface area (Å²) in [4.78, 5) is 8.64. The highest BCUT2D eigenvalue weighted by Crippen LogP contribution is 2.36. The van der Waals surface area contributed by atoms with Crippen molar-refractivity contribution in [2.75, 3.05) is 6.61 Å². The average molecular weight is 311 g/mol. The van der Waals surface area contributed by atoms with Crippen LogP contribution in [-0.2, 0) is 5.54 Å². The van der Waals surface area contributed by atoms with Crippen LogP contribution in [0.1, 0.15) is 38.4 Å². The lowest BCUT2D eigenvalue weighted by Gasteiger charge is -2.17. The molecule has 0 aromatic carbocycles. The van der Waals surface area contributed by atoms with Gasteiger partial charge in [-0.25, -0.2) is 4.98 Å². The Balaban J connectivity index is 0.00000161. The van der Waals surface area contributed by atoms with Gasteiger partial charge in [0.15, 0.2) is 5.82 Å². The van der Waals surface area contributed by atoms with E-state index in [0.29, 0.717) is 29.8 Å². The molecule has 2 aromatic heterocycles. The molecule has 1 saturated carbocycles. The van der Waals surface area contributed by atoms with Crippen molar-refractivity contribution in [1.82, 2.24) is 15.1 Å². The monoisotopic (exact) mass is 310 g/mol. The fraction of sp³-hybridized carbons (Fsp3) is 0.500. The Bertz CT molecular complexity index is 596. The Labute approximate surface area is 129 Å². The van der Waals surface area contributed by atoms with Gasteiger partial charge in [-0.15, -0.1) is 12.4 Å². The van der Waals surface area contributed by atoms with Crippen LogP contribution in [0.3, 0.4) is 0 Å². The second-order valence-corrected chi connectivity index (χ2v) is 5.08. The number of pyridine rings is 1. The second kappa shape index (κ2) is 6.41. The molecule has 2 aromatic rings. The molecule has 1 aliphatic carbocycles. The van der Waals surface area contributed by atoms with E-state index in [9.17, 15) is 0 Å². The van der Waals surface area contributed by atoms with Gasteiger partial charge in [0.1, 0.15) is 5.56 Å². The quantitative estimate of drug-likeness (QED) is 0.934. The molecule has 0 bridgehead atoms. The van der Waals surface area contributed by atoms with Crippen LogP contribution < -0.4 is 10.5 Å². The van der Waals surface area contributed by atoms with E-state index in [1.807, 2.05) is 19.1 Å². The number of hydrogen-bond donors (Lipinski definition) is 1. The summed E-state index contributed by atoms with van der Waals surface area (Å²) in [5.41, 5.74) is 6.59. The van der Waals surface area contributed by atoms with Crippen molar-refractivity contribution in [3.63, 3.8) is 0 Å². The van der Waals surface area contributed by atoms with Crippen LogP contribution in [-0.4, -0.2) is 21.7 Å². The summed E-state index contributed by atoms with van der Waals surface area (Å²) in [6, 6.07) is 3.67. The van der Waals surface area contributed by atoms with E-state index < -0.39 is 5.54 Å². The molecule has 114 valence electrons. The summed E-state index contributed by atoms with van der Waals surface area (Å²) in [6.07, 6.45) is 5.69. The van der Waals surface area contributed by atoms with Crippen molar-refractivity contribution in [2.24, 2.45) is 5.73 Å². The van der Waals surface area contributed by atoms with E-state index >= 15 is 0 Å². The molecule has 1 aliphatic rings. The molecule has 0 aliphatic heterocycles. The summed E-state index contributed by atoms with van der Waals surface area (Å²) in [5.74, 6) is 1.49. The van der Waals surface area contributed by atoms with Gasteiger partial charge >= 0.3 is 0 Å². The van der Waals surface area contributed by atoms with Crippen LogP contribution in [0.2, 0.25) is 0 Å². The zero-order valence-corrected chi connectivity index (χ0v) is 12.7. The third-order valence-corrected chi connectivity index (χ3v) is 3.65. The number of nitrogens with two attached hydrogens (primary N) is 1. The van der Waals surface area contributed by atoms with Crippen molar-refractivity contribution < 1.29 is 9.26 Å². The minimum atomic E-state index is -0.449. The molecule has 3 rings (SSSR count). The van der Waals surface area contributed by atoms with E-state index in [-0.39, 0.29) is 12.4 Å². The molecule has 0 unspecified atom stereocenters. The normalized spacial score (nSPS) is 16.5. The number of hydrogen-bond acceptors (Lipinski definition) is 6. The zero-order valence-electron chi connectivity index (χ0n) is 11.9. The van der Waals surface area contributed by atoms with Crippen LogP contribution in [0, 0.1) is 0 Å². The first-order valence-corrected chi connectivity index (χ1v) is 6.94. The van der Waals surface area contributed by atoms with Gasteiger partial charge in [0.2, 0.25) is 5.88 Å². The Kier molecular flexibility index (Phi) is 4.80. The topological polar surface area (TPSA) is 87.1 Å². The lowest BCUT2D eigenvalue weighted by atomic mass is 9.99. The first-order chi connectivity index (χ1) is 9.73. The lowest BCUT2D eigenvalue weighted by molar-refractivity contribution is 0.325. The summed E-state index contributed by atoms with van der Waals surface area (Å²) in [5, 5.41) is 4.05. The number of ether oxygens (including phenoxy) is 1. The minimum absolute atomic E-state index is 0. The predicted molar refractivity (Wildman–Crippen MR) is 80.3 cm³/mol. The van der Waals surface area contributed by atoms with E-state index in [1.54, 1.807) is 6.20 Å². The zero-order chi connectivity index (χ0) is 14.0. The van der Waals surface area contributed by atoms with Gasteiger partial charge < -0.3 is 15.0 Å². The maximum atomic E-state index is 6.34. The highest BCUT2D eigenvalue weighted by Gasteiger charge is 2.36. The minimum Gasteiger partial charge on any atom is -0.477 e. The molecule has 0 spiro atoms. The number of rotatable bonds is 4. The van der Waals surface area contributed by atoms with Crippen molar-refractivity contribution in [3.8, 4) is 17.3 Å². The van der Waals surface area contributed by atoms with Gasteiger partial charge in [0.05, 0.1) is 12.1 Å². The molecule has 0 saturated heterocycles. The van der Waals surface area contributed by atoms with Crippen LogP contribution in [0.25, 0.3) is 11.5 Å². The van der Waals surface area contributed by atoms with Crippen LogP contribution in [0.4, 0.5) is 0 Å². The summed E-state index contributed by atoms with van der Waals surface area (Å²) < 4.78 is 10.8. The molecule has 2 N–H and O–H groups in total. The third-order valence-electron chi connectivity index (χ3n) is 3.65. The van der Waals surface area contributed by atoms with E-state index in [1.165, 1.54) is 0 Å². The van der Waals surface area contributed by atoms with Gasteiger partial charge in [-0.3, -0.25) is 0 Å². The summed E-state index contributed by atoms with van der Waals surface area (Å²) in [7, 11) is 0. The van der Waals surface area contributed by atoms with E-state index in [2.05, 4.69) is 15.1 Å². The lowest BCUT2D eigenvalue weighted by Crippen LogP contribution is -2.34.